The van der Waals surface area contributed by atoms with Crippen LogP contribution in [0.15, 0.2) is 23.1 Å². The third-order valence-electron chi connectivity index (χ3n) is 6.87. The molecule has 1 aromatic carbocycles. The molecular weight excluding hydrogens is 414 g/mol. The van der Waals surface area contributed by atoms with E-state index in [-0.39, 0.29) is 41.8 Å². The van der Waals surface area contributed by atoms with Crippen LogP contribution < -0.4 is 10.2 Å². The molecule has 8 heteroatoms. The lowest BCUT2D eigenvalue weighted by atomic mass is 9.95. The van der Waals surface area contributed by atoms with Gasteiger partial charge >= 0.3 is 0 Å². The van der Waals surface area contributed by atoms with Crippen LogP contribution in [0.2, 0.25) is 0 Å². The van der Waals surface area contributed by atoms with E-state index < -0.39 is 10.0 Å². The molecule has 0 aromatic heterocycles. The highest BCUT2D eigenvalue weighted by Gasteiger charge is 2.33. The average Bonchev–Trinajstić information content (AvgIpc) is 2.76. The van der Waals surface area contributed by atoms with E-state index >= 15 is 0 Å². The lowest BCUT2D eigenvalue weighted by molar-refractivity contribution is -0.124. The highest BCUT2D eigenvalue weighted by Crippen LogP contribution is 2.32. The molecule has 1 aliphatic carbocycles. The van der Waals surface area contributed by atoms with E-state index in [1.165, 1.54) is 11.3 Å². The molecule has 0 radical (unpaired) electrons. The Kier molecular flexibility index (Phi) is 6.67. The van der Waals surface area contributed by atoms with Crippen LogP contribution >= 0.6 is 0 Å². The maximum absolute atomic E-state index is 13.2. The fourth-order valence-electron chi connectivity index (χ4n) is 5.10. The smallest absolute Gasteiger partial charge is 0.243 e. The van der Waals surface area contributed by atoms with Gasteiger partial charge in [0.1, 0.15) is 6.54 Å². The van der Waals surface area contributed by atoms with E-state index in [0.29, 0.717) is 18.7 Å². The molecule has 1 atom stereocenters. The number of aryl methyl sites for hydroxylation is 1. The molecule has 0 unspecified atom stereocenters. The van der Waals surface area contributed by atoms with Gasteiger partial charge in [0, 0.05) is 30.7 Å². The molecule has 1 aromatic rings. The van der Waals surface area contributed by atoms with Gasteiger partial charge in [-0.05, 0) is 62.8 Å². The standard InChI is InChI=1S/C23H33N3O4S/c1-17-7-5-6-14-26(17)31(29,30)20-11-12-21-18(15-20)10-13-23(28)25(21)16-22(27)24-19-8-3-2-4-9-19/h11-12,15,17,19H,2-10,13-14,16H2,1H3,(H,24,27)/t17-/m0/s1. The number of piperidine rings is 1. The highest BCUT2D eigenvalue weighted by atomic mass is 32.2. The molecule has 2 heterocycles. The van der Waals surface area contributed by atoms with Crippen molar-refractivity contribution in [3.63, 3.8) is 0 Å². The van der Waals surface area contributed by atoms with Crippen molar-refractivity contribution in [2.24, 2.45) is 0 Å². The number of fused-ring (bicyclic) bond motifs is 1. The first kappa shape index (κ1) is 22.3. The lowest BCUT2D eigenvalue weighted by Crippen LogP contribution is -2.46. The predicted molar refractivity (Wildman–Crippen MR) is 119 cm³/mol. The molecule has 2 amide bonds. The second-order valence-electron chi connectivity index (χ2n) is 9.13. The number of amides is 2. The fraction of sp³-hybridized carbons (Fsp3) is 0.652. The van der Waals surface area contributed by atoms with Crippen LogP contribution in [0.5, 0.6) is 0 Å². The zero-order valence-electron chi connectivity index (χ0n) is 18.3. The monoisotopic (exact) mass is 447 g/mol. The van der Waals surface area contributed by atoms with E-state index in [4.69, 9.17) is 0 Å². The van der Waals surface area contributed by atoms with Gasteiger partial charge in [-0.3, -0.25) is 9.59 Å². The summed E-state index contributed by atoms with van der Waals surface area (Å²) in [6.45, 7) is 2.49. The van der Waals surface area contributed by atoms with Gasteiger partial charge in [-0.25, -0.2) is 8.42 Å². The van der Waals surface area contributed by atoms with Gasteiger partial charge in [0.25, 0.3) is 0 Å². The molecular formula is C23H33N3O4S. The van der Waals surface area contributed by atoms with Crippen molar-refractivity contribution < 1.29 is 18.0 Å². The van der Waals surface area contributed by atoms with E-state index in [9.17, 15) is 18.0 Å². The maximum Gasteiger partial charge on any atom is 0.243 e. The number of carbonyl (C=O) groups excluding carboxylic acids is 2. The number of sulfonamides is 1. The Labute approximate surface area is 185 Å². The van der Waals surface area contributed by atoms with E-state index in [1.54, 1.807) is 22.5 Å². The number of anilines is 1. The number of benzene rings is 1. The predicted octanol–water partition coefficient (Wildman–Crippen LogP) is 2.98. The summed E-state index contributed by atoms with van der Waals surface area (Å²) in [6, 6.07) is 5.17. The molecule has 1 N–H and O–H groups in total. The third-order valence-corrected chi connectivity index (χ3v) is 8.88. The summed E-state index contributed by atoms with van der Waals surface area (Å²) < 4.78 is 28.0. The molecule has 3 aliphatic rings. The van der Waals surface area contributed by atoms with Crippen LogP contribution in [-0.2, 0) is 26.0 Å². The number of nitrogens with one attached hydrogen (secondary N) is 1. The number of hydrogen-bond donors (Lipinski definition) is 1. The SMILES string of the molecule is C[C@H]1CCCCN1S(=O)(=O)c1ccc2c(c1)CCC(=O)N2CC(=O)NC1CCCCC1. The van der Waals surface area contributed by atoms with Gasteiger partial charge in [0.2, 0.25) is 21.8 Å². The van der Waals surface area contributed by atoms with Crippen molar-refractivity contribution in [2.75, 3.05) is 18.0 Å². The Balaban J connectivity index is 1.52. The molecule has 170 valence electrons. The van der Waals surface area contributed by atoms with Gasteiger partial charge in [0.15, 0.2) is 0 Å². The van der Waals surface area contributed by atoms with Crippen LogP contribution in [0.25, 0.3) is 0 Å². The van der Waals surface area contributed by atoms with Gasteiger partial charge in [-0.15, -0.1) is 0 Å². The Morgan fingerprint density at radius 2 is 1.81 bits per heavy atom. The highest BCUT2D eigenvalue weighted by molar-refractivity contribution is 7.89. The molecule has 7 nitrogen and oxygen atoms in total. The first-order valence-electron chi connectivity index (χ1n) is 11.6. The van der Waals surface area contributed by atoms with Crippen molar-refractivity contribution in [3.05, 3.63) is 23.8 Å². The van der Waals surface area contributed by atoms with Gasteiger partial charge in [0.05, 0.1) is 4.90 Å². The minimum absolute atomic E-state index is 0.00339. The Bertz CT molecular complexity index is 940. The van der Waals surface area contributed by atoms with Crippen molar-refractivity contribution in [1.82, 2.24) is 9.62 Å². The van der Waals surface area contributed by atoms with Crippen molar-refractivity contribution in [3.8, 4) is 0 Å². The van der Waals surface area contributed by atoms with Crippen LogP contribution in [0.1, 0.15) is 70.3 Å². The summed E-state index contributed by atoms with van der Waals surface area (Å²) in [4.78, 5) is 27.0. The van der Waals surface area contributed by atoms with Crippen molar-refractivity contribution in [2.45, 2.75) is 88.1 Å². The number of nitrogens with zero attached hydrogens (tertiary/aromatic N) is 2. The van der Waals surface area contributed by atoms with Gasteiger partial charge < -0.3 is 10.2 Å². The minimum atomic E-state index is -3.57. The first-order chi connectivity index (χ1) is 14.9. The Morgan fingerprint density at radius 3 is 2.55 bits per heavy atom. The second-order valence-corrected chi connectivity index (χ2v) is 11.0. The zero-order chi connectivity index (χ0) is 22.0. The molecule has 1 saturated heterocycles. The first-order valence-corrected chi connectivity index (χ1v) is 13.0. The second kappa shape index (κ2) is 9.28. The van der Waals surface area contributed by atoms with Crippen LogP contribution in [-0.4, -0.2) is 49.7 Å². The molecule has 4 rings (SSSR count). The Hall–Kier alpha value is -1.93. The maximum atomic E-state index is 13.2. The third kappa shape index (κ3) is 4.80. The van der Waals surface area contributed by atoms with Crippen LogP contribution in [0, 0.1) is 0 Å². The molecule has 0 bridgehead atoms. The molecule has 1 saturated carbocycles. The minimum Gasteiger partial charge on any atom is -0.352 e. The van der Waals surface area contributed by atoms with E-state index in [0.717, 1.165) is 50.5 Å². The normalized spacial score (nSPS) is 23.5. The van der Waals surface area contributed by atoms with Crippen molar-refractivity contribution >= 4 is 27.5 Å². The summed E-state index contributed by atoms with van der Waals surface area (Å²) in [7, 11) is -3.57. The van der Waals surface area contributed by atoms with Crippen LogP contribution in [0.4, 0.5) is 5.69 Å². The fourth-order valence-corrected chi connectivity index (χ4v) is 6.85. The summed E-state index contributed by atoms with van der Waals surface area (Å²) in [6.07, 6.45) is 9.05. The molecule has 2 fully saturated rings. The molecule has 2 aliphatic heterocycles. The zero-order valence-corrected chi connectivity index (χ0v) is 19.1. The number of hydrogen-bond acceptors (Lipinski definition) is 4. The summed E-state index contributed by atoms with van der Waals surface area (Å²) in [5.41, 5.74) is 1.47. The van der Waals surface area contributed by atoms with E-state index in [1.807, 2.05) is 6.92 Å². The average molecular weight is 448 g/mol. The number of carbonyl (C=O) groups is 2. The lowest BCUT2D eigenvalue weighted by Gasteiger charge is -2.33. The van der Waals surface area contributed by atoms with Gasteiger partial charge in [-0.1, -0.05) is 25.7 Å². The Morgan fingerprint density at radius 1 is 1.06 bits per heavy atom. The summed E-state index contributed by atoms with van der Waals surface area (Å²) in [5, 5.41) is 3.07. The quantitative estimate of drug-likeness (QED) is 0.752. The molecule has 0 spiro atoms. The summed E-state index contributed by atoms with van der Waals surface area (Å²) in [5.74, 6) is -0.238. The van der Waals surface area contributed by atoms with Crippen molar-refractivity contribution in [1.29, 1.82) is 0 Å². The van der Waals surface area contributed by atoms with E-state index in [2.05, 4.69) is 5.32 Å². The summed E-state index contributed by atoms with van der Waals surface area (Å²) >= 11 is 0. The van der Waals surface area contributed by atoms with Gasteiger partial charge in [-0.2, -0.15) is 4.31 Å². The molecule has 31 heavy (non-hydrogen) atoms. The largest absolute Gasteiger partial charge is 0.352 e. The number of rotatable bonds is 5. The topological polar surface area (TPSA) is 86.8 Å². The van der Waals surface area contributed by atoms with Crippen LogP contribution in [0.3, 0.4) is 0 Å².